The van der Waals surface area contributed by atoms with E-state index in [1.807, 2.05) is 0 Å². The molecule has 2 atom stereocenters. The van der Waals surface area contributed by atoms with Crippen molar-refractivity contribution < 1.29 is 0 Å². The van der Waals surface area contributed by atoms with E-state index < -0.39 is 0 Å². The molecule has 0 radical (unpaired) electrons. The van der Waals surface area contributed by atoms with Gasteiger partial charge in [0, 0.05) is 17.6 Å². The van der Waals surface area contributed by atoms with E-state index in [-0.39, 0.29) is 5.54 Å². The molecule has 0 aromatic heterocycles. The van der Waals surface area contributed by atoms with Crippen molar-refractivity contribution in [2.75, 3.05) is 13.1 Å². The maximum atomic E-state index is 3.61. The highest BCUT2D eigenvalue weighted by Gasteiger charge is 2.23. The molecule has 1 rings (SSSR count). The van der Waals surface area contributed by atoms with Crippen molar-refractivity contribution in [1.82, 2.24) is 10.2 Å². The maximum absolute atomic E-state index is 3.61. The van der Waals surface area contributed by atoms with E-state index in [1.165, 1.54) is 45.1 Å². The zero-order valence-electron chi connectivity index (χ0n) is 13.3. The van der Waals surface area contributed by atoms with Crippen molar-refractivity contribution in [2.45, 2.75) is 90.8 Å². The molecule has 108 valence electrons. The normalized spacial score (nSPS) is 24.8. The van der Waals surface area contributed by atoms with E-state index in [0.29, 0.717) is 0 Å². The number of likely N-dealkylation sites (tertiary alicyclic amines) is 1. The highest BCUT2D eigenvalue weighted by molar-refractivity contribution is 4.80. The van der Waals surface area contributed by atoms with Crippen LogP contribution in [0.1, 0.15) is 73.1 Å². The summed E-state index contributed by atoms with van der Waals surface area (Å²) in [5, 5.41) is 3.61. The minimum absolute atomic E-state index is 0.253. The molecule has 2 unspecified atom stereocenters. The molecule has 1 heterocycles. The number of hydrogen-bond donors (Lipinski definition) is 1. The lowest BCUT2D eigenvalue weighted by Gasteiger charge is -2.35. The molecule has 1 aliphatic heterocycles. The molecular weight excluding hydrogens is 220 g/mol. The van der Waals surface area contributed by atoms with E-state index in [4.69, 9.17) is 0 Å². The molecule has 0 amide bonds. The fourth-order valence-electron chi connectivity index (χ4n) is 3.04. The lowest BCUT2D eigenvalue weighted by atomic mass is 10.0. The summed E-state index contributed by atoms with van der Waals surface area (Å²) in [5.74, 6) is 0. The van der Waals surface area contributed by atoms with E-state index in [2.05, 4.69) is 44.8 Å². The average Bonchev–Trinajstić information content (AvgIpc) is 2.51. The van der Waals surface area contributed by atoms with Gasteiger partial charge in [-0.3, -0.25) is 4.90 Å². The van der Waals surface area contributed by atoms with E-state index in [0.717, 1.165) is 18.6 Å². The van der Waals surface area contributed by atoms with Crippen molar-refractivity contribution >= 4 is 0 Å². The Hall–Kier alpha value is -0.0800. The summed E-state index contributed by atoms with van der Waals surface area (Å²) in [4.78, 5) is 2.78. The summed E-state index contributed by atoms with van der Waals surface area (Å²) in [7, 11) is 0. The van der Waals surface area contributed by atoms with Gasteiger partial charge in [0.25, 0.3) is 0 Å². The van der Waals surface area contributed by atoms with Gasteiger partial charge in [-0.15, -0.1) is 0 Å². The van der Waals surface area contributed by atoms with Gasteiger partial charge in [0.05, 0.1) is 0 Å². The van der Waals surface area contributed by atoms with Gasteiger partial charge in [-0.05, 0) is 66.5 Å². The lowest BCUT2D eigenvalue weighted by molar-refractivity contribution is 0.134. The second-order valence-electron chi connectivity index (χ2n) is 6.96. The van der Waals surface area contributed by atoms with Crippen LogP contribution < -0.4 is 5.32 Å². The van der Waals surface area contributed by atoms with Gasteiger partial charge in [-0.2, -0.15) is 0 Å². The van der Waals surface area contributed by atoms with Gasteiger partial charge in [0.15, 0.2) is 0 Å². The van der Waals surface area contributed by atoms with Gasteiger partial charge in [-0.25, -0.2) is 0 Å². The topological polar surface area (TPSA) is 15.3 Å². The molecule has 1 fully saturated rings. The third-order valence-electron chi connectivity index (χ3n) is 4.18. The van der Waals surface area contributed by atoms with Crippen molar-refractivity contribution in [3.63, 3.8) is 0 Å². The van der Waals surface area contributed by atoms with Crippen LogP contribution in [-0.4, -0.2) is 35.6 Å². The SMILES string of the molecule is CCC1CCCCCN1C(C)CCNC(C)(C)C. The Morgan fingerprint density at radius 1 is 1.22 bits per heavy atom. The standard InChI is InChI=1S/C16H34N2/c1-6-15-10-8-7-9-13-18(15)14(2)11-12-17-16(3,4)5/h14-15,17H,6-13H2,1-5H3. The van der Waals surface area contributed by atoms with Crippen LogP contribution in [0.15, 0.2) is 0 Å². The van der Waals surface area contributed by atoms with Gasteiger partial charge in [-0.1, -0.05) is 19.8 Å². The third kappa shape index (κ3) is 5.71. The highest BCUT2D eigenvalue weighted by atomic mass is 15.2. The van der Waals surface area contributed by atoms with Gasteiger partial charge < -0.3 is 5.32 Å². The Labute approximate surface area is 115 Å². The molecule has 1 saturated heterocycles. The van der Waals surface area contributed by atoms with Crippen LogP contribution in [0.4, 0.5) is 0 Å². The molecule has 0 aliphatic carbocycles. The summed E-state index contributed by atoms with van der Waals surface area (Å²) in [5.41, 5.74) is 0.253. The zero-order chi connectivity index (χ0) is 13.6. The number of nitrogens with one attached hydrogen (secondary N) is 1. The fourth-order valence-corrected chi connectivity index (χ4v) is 3.04. The van der Waals surface area contributed by atoms with E-state index >= 15 is 0 Å². The lowest BCUT2D eigenvalue weighted by Crippen LogP contribution is -2.44. The summed E-state index contributed by atoms with van der Waals surface area (Å²) in [6, 6.07) is 1.56. The quantitative estimate of drug-likeness (QED) is 0.802. The third-order valence-corrected chi connectivity index (χ3v) is 4.18. The first kappa shape index (κ1) is 16.0. The molecule has 1 aliphatic rings. The second kappa shape index (κ2) is 7.49. The van der Waals surface area contributed by atoms with Gasteiger partial charge in [0.2, 0.25) is 0 Å². The van der Waals surface area contributed by atoms with E-state index in [9.17, 15) is 0 Å². The van der Waals surface area contributed by atoms with Crippen LogP contribution >= 0.6 is 0 Å². The zero-order valence-corrected chi connectivity index (χ0v) is 13.3. The molecule has 0 saturated carbocycles. The molecule has 0 spiro atoms. The van der Waals surface area contributed by atoms with Crippen LogP contribution in [0.5, 0.6) is 0 Å². The number of nitrogens with zero attached hydrogens (tertiary/aromatic N) is 1. The number of rotatable bonds is 5. The van der Waals surface area contributed by atoms with Crippen LogP contribution in [0.2, 0.25) is 0 Å². The largest absolute Gasteiger partial charge is 0.312 e. The van der Waals surface area contributed by atoms with Gasteiger partial charge >= 0.3 is 0 Å². The predicted octanol–water partition coefficient (Wildman–Crippen LogP) is 3.81. The maximum Gasteiger partial charge on any atom is 0.00965 e. The van der Waals surface area contributed by atoms with Crippen LogP contribution in [0, 0.1) is 0 Å². The number of hydrogen-bond acceptors (Lipinski definition) is 2. The van der Waals surface area contributed by atoms with Crippen LogP contribution in [0.25, 0.3) is 0 Å². The highest BCUT2D eigenvalue weighted by Crippen LogP contribution is 2.22. The summed E-state index contributed by atoms with van der Waals surface area (Å²) < 4.78 is 0. The van der Waals surface area contributed by atoms with Crippen molar-refractivity contribution in [3.8, 4) is 0 Å². The Balaban J connectivity index is 2.39. The molecule has 2 heteroatoms. The molecule has 0 bridgehead atoms. The fraction of sp³-hybridized carbons (Fsp3) is 1.00. The molecule has 0 aromatic carbocycles. The molecule has 1 N–H and O–H groups in total. The molecule has 18 heavy (non-hydrogen) atoms. The van der Waals surface area contributed by atoms with Crippen molar-refractivity contribution in [1.29, 1.82) is 0 Å². The first-order chi connectivity index (χ1) is 8.44. The van der Waals surface area contributed by atoms with Crippen molar-refractivity contribution in [3.05, 3.63) is 0 Å². The minimum atomic E-state index is 0.253. The Bertz CT molecular complexity index is 220. The first-order valence-electron chi connectivity index (χ1n) is 7.95. The summed E-state index contributed by atoms with van der Waals surface area (Å²) >= 11 is 0. The summed E-state index contributed by atoms with van der Waals surface area (Å²) in [6.45, 7) is 14.0. The van der Waals surface area contributed by atoms with Gasteiger partial charge in [0.1, 0.15) is 0 Å². The van der Waals surface area contributed by atoms with E-state index in [1.54, 1.807) is 0 Å². The smallest absolute Gasteiger partial charge is 0.00965 e. The monoisotopic (exact) mass is 254 g/mol. The molecule has 0 aromatic rings. The Kier molecular flexibility index (Phi) is 6.65. The molecular formula is C16H34N2. The van der Waals surface area contributed by atoms with Crippen LogP contribution in [-0.2, 0) is 0 Å². The molecule has 2 nitrogen and oxygen atoms in total. The van der Waals surface area contributed by atoms with Crippen molar-refractivity contribution in [2.24, 2.45) is 0 Å². The first-order valence-corrected chi connectivity index (χ1v) is 7.95. The minimum Gasteiger partial charge on any atom is -0.312 e. The average molecular weight is 254 g/mol. The second-order valence-corrected chi connectivity index (χ2v) is 6.96. The Morgan fingerprint density at radius 3 is 2.56 bits per heavy atom. The van der Waals surface area contributed by atoms with Crippen LogP contribution in [0.3, 0.4) is 0 Å². The Morgan fingerprint density at radius 2 is 1.94 bits per heavy atom. The predicted molar refractivity (Wildman–Crippen MR) is 81.1 cm³/mol. The summed E-state index contributed by atoms with van der Waals surface area (Å²) in [6.07, 6.45) is 8.26.